The van der Waals surface area contributed by atoms with Gasteiger partial charge in [0.05, 0.1) is 10.2 Å². The van der Waals surface area contributed by atoms with Crippen LogP contribution in [-0.2, 0) is 6.42 Å². The van der Waals surface area contributed by atoms with Crippen molar-refractivity contribution in [2.45, 2.75) is 12.8 Å². The average Bonchev–Trinajstić information content (AvgIpc) is 2.89. The van der Waals surface area contributed by atoms with Gasteiger partial charge in [-0.1, -0.05) is 0 Å². The number of aryl methyl sites for hydroxylation is 1. The Morgan fingerprint density at radius 3 is 3.05 bits per heavy atom. The molecule has 1 aliphatic heterocycles. The number of nitrogens with zero attached hydrogens (tertiary/aromatic N) is 1. The summed E-state index contributed by atoms with van der Waals surface area (Å²) in [5.74, 6) is -0.206. The van der Waals surface area contributed by atoms with Crippen LogP contribution in [-0.4, -0.2) is 11.5 Å². The highest BCUT2D eigenvalue weighted by molar-refractivity contribution is 7.21. The van der Waals surface area contributed by atoms with Crippen LogP contribution in [0.5, 0.6) is 0 Å². The first kappa shape index (κ1) is 11.9. The number of nitrogens with one attached hydrogen (secondary N) is 1. The van der Waals surface area contributed by atoms with E-state index in [1.54, 1.807) is 23.5 Å². The van der Waals surface area contributed by atoms with Crippen molar-refractivity contribution < 1.29 is 4.39 Å². The third-order valence-corrected chi connectivity index (χ3v) is 4.71. The number of anilines is 1. The van der Waals surface area contributed by atoms with Gasteiger partial charge in [-0.15, -0.1) is 11.3 Å². The van der Waals surface area contributed by atoms with E-state index in [4.69, 9.17) is 0 Å². The molecule has 0 amide bonds. The molecule has 4 rings (SSSR count). The molecular weight excluding hydrogens is 271 g/mol. The molecule has 4 heteroatoms. The molecule has 2 heterocycles. The highest BCUT2D eigenvalue weighted by Crippen LogP contribution is 2.33. The molecule has 1 N–H and O–H groups in total. The number of rotatable bonds is 1. The molecule has 2 aromatic carbocycles. The second-order valence-corrected chi connectivity index (χ2v) is 6.06. The van der Waals surface area contributed by atoms with Gasteiger partial charge in [-0.05, 0) is 54.8 Å². The second-order valence-electron chi connectivity index (χ2n) is 5.03. The molecule has 0 bridgehead atoms. The standard InChI is InChI=1S/C16H13FN2S/c17-12-4-6-14-15(9-12)20-16(19-14)11-3-5-13-10(8-11)2-1-7-18-13/h3-6,8-9,18H,1-2,7H2. The summed E-state index contributed by atoms with van der Waals surface area (Å²) in [5.41, 5.74) is 4.56. The lowest BCUT2D eigenvalue weighted by Gasteiger charge is -2.18. The Hall–Kier alpha value is -1.94. The number of halogens is 1. The Morgan fingerprint density at radius 2 is 2.10 bits per heavy atom. The first-order chi connectivity index (χ1) is 9.79. The average molecular weight is 284 g/mol. The zero-order valence-electron chi connectivity index (χ0n) is 10.8. The fraction of sp³-hybridized carbons (Fsp3) is 0.188. The fourth-order valence-electron chi connectivity index (χ4n) is 2.63. The van der Waals surface area contributed by atoms with E-state index >= 15 is 0 Å². The summed E-state index contributed by atoms with van der Waals surface area (Å²) in [6, 6.07) is 11.2. The molecule has 100 valence electrons. The molecule has 0 saturated carbocycles. The van der Waals surface area contributed by atoms with Crippen LogP contribution in [0, 0.1) is 5.82 Å². The van der Waals surface area contributed by atoms with E-state index in [0.717, 1.165) is 33.8 Å². The zero-order chi connectivity index (χ0) is 13.5. The number of fused-ring (bicyclic) bond motifs is 2. The van der Waals surface area contributed by atoms with Gasteiger partial charge >= 0.3 is 0 Å². The maximum atomic E-state index is 13.2. The van der Waals surface area contributed by atoms with Crippen LogP contribution in [0.4, 0.5) is 10.1 Å². The largest absolute Gasteiger partial charge is 0.385 e. The third-order valence-electron chi connectivity index (χ3n) is 3.64. The van der Waals surface area contributed by atoms with Crippen molar-refractivity contribution in [1.29, 1.82) is 0 Å². The van der Waals surface area contributed by atoms with Gasteiger partial charge in [0, 0.05) is 17.8 Å². The van der Waals surface area contributed by atoms with Gasteiger partial charge in [0.2, 0.25) is 0 Å². The maximum Gasteiger partial charge on any atom is 0.124 e. The molecule has 0 saturated heterocycles. The molecular formula is C16H13FN2S. The molecule has 0 fully saturated rings. The number of thiazole rings is 1. The molecule has 1 aromatic heterocycles. The van der Waals surface area contributed by atoms with Crippen molar-refractivity contribution in [1.82, 2.24) is 4.98 Å². The number of hydrogen-bond donors (Lipinski definition) is 1. The van der Waals surface area contributed by atoms with E-state index in [1.165, 1.54) is 23.7 Å². The smallest absolute Gasteiger partial charge is 0.124 e. The second kappa shape index (κ2) is 4.56. The van der Waals surface area contributed by atoms with Gasteiger partial charge in [0.25, 0.3) is 0 Å². The monoisotopic (exact) mass is 284 g/mol. The van der Waals surface area contributed by atoms with Crippen LogP contribution in [0.25, 0.3) is 20.8 Å². The van der Waals surface area contributed by atoms with E-state index in [0.29, 0.717) is 0 Å². The Balaban J connectivity index is 1.82. The van der Waals surface area contributed by atoms with E-state index in [2.05, 4.69) is 28.5 Å². The molecule has 1 aliphatic rings. The van der Waals surface area contributed by atoms with E-state index < -0.39 is 0 Å². The lowest BCUT2D eigenvalue weighted by molar-refractivity contribution is 0.630. The highest BCUT2D eigenvalue weighted by atomic mass is 32.1. The third kappa shape index (κ3) is 1.96. The van der Waals surface area contributed by atoms with Gasteiger partial charge in [0.1, 0.15) is 10.8 Å². The number of benzene rings is 2. The van der Waals surface area contributed by atoms with Crippen LogP contribution in [0.2, 0.25) is 0 Å². The summed E-state index contributed by atoms with van der Waals surface area (Å²) in [4.78, 5) is 4.60. The van der Waals surface area contributed by atoms with Crippen LogP contribution in [0.3, 0.4) is 0 Å². The predicted octanol–water partition coefficient (Wildman–Crippen LogP) is 4.46. The fourth-order valence-corrected chi connectivity index (χ4v) is 3.62. The lowest BCUT2D eigenvalue weighted by Crippen LogP contribution is -2.11. The molecule has 0 radical (unpaired) electrons. The van der Waals surface area contributed by atoms with Crippen LogP contribution >= 0.6 is 11.3 Å². The SMILES string of the molecule is Fc1ccc2nc(-c3ccc4c(c3)CCCN4)sc2c1. The predicted molar refractivity (Wildman–Crippen MR) is 81.8 cm³/mol. The molecule has 0 spiro atoms. The van der Waals surface area contributed by atoms with E-state index in [1.807, 2.05) is 0 Å². The summed E-state index contributed by atoms with van der Waals surface area (Å²) < 4.78 is 14.1. The van der Waals surface area contributed by atoms with Crippen LogP contribution in [0.15, 0.2) is 36.4 Å². The summed E-state index contributed by atoms with van der Waals surface area (Å²) in [6.07, 6.45) is 2.28. The highest BCUT2D eigenvalue weighted by Gasteiger charge is 2.12. The van der Waals surface area contributed by atoms with Crippen molar-refractivity contribution in [2.75, 3.05) is 11.9 Å². The first-order valence-electron chi connectivity index (χ1n) is 6.73. The quantitative estimate of drug-likeness (QED) is 0.713. The zero-order valence-corrected chi connectivity index (χ0v) is 11.6. The lowest BCUT2D eigenvalue weighted by atomic mass is 10.0. The minimum atomic E-state index is -0.206. The summed E-state index contributed by atoms with van der Waals surface area (Å²) in [7, 11) is 0. The van der Waals surface area contributed by atoms with Gasteiger partial charge in [-0.25, -0.2) is 9.37 Å². The van der Waals surface area contributed by atoms with Gasteiger partial charge in [0.15, 0.2) is 0 Å². The topological polar surface area (TPSA) is 24.9 Å². The maximum absolute atomic E-state index is 13.2. The molecule has 2 nitrogen and oxygen atoms in total. The van der Waals surface area contributed by atoms with Crippen molar-refractivity contribution in [3.8, 4) is 10.6 Å². The summed E-state index contributed by atoms with van der Waals surface area (Å²) in [5, 5.41) is 4.37. The summed E-state index contributed by atoms with van der Waals surface area (Å²) >= 11 is 1.54. The van der Waals surface area contributed by atoms with E-state index in [-0.39, 0.29) is 5.82 Å². The Kier molecular flexibility index (Phi) is 2.70. The van der Waals surface area contributed by atoms with Gasteiger partial charge in [-0.3, -0.25) is 0 Å². The van der Waals surface area contributed by atoms with Crippen molar-refractivity contribution in [3.63, 3.8) is 0 Å². The molecule has 20 heavy (non-hydrogen) atoms. The molecule has 0 aliphatic carbocycles. The van der Waals surface area contributed by atoms with Crippen molar-refractivity contribution in [2.24, 2.45) is 0 Å². The Morgan fingerprint density at radius 1 is 1.15 bits per heavy atom. The van der Waals surface area contributed by atoms with Crippen molar-refractivity contribution >= 4 is 27.2 Å². The van der Waals surface area contributed by atoms with Crippen molar-refractivity contribution in [3.05, 3.63) is 47.8 Å². The van der Waals surface area contributed by atoms with Crippen LogP contribution in [0.1, 0.15) is 12.0 Å². The minimum absolute atomic E-state index is 0.206. The molecule has 3 aromatic rings. The van der Waals surface area contributed by atoms with Gasteiger partial charge < -0.3 is 5.32 Å². The molecule has 0 atom stereocenters. The number of aromatic nitrogens is 1. The normalized spacial score (nSPS) is 14.1. The number of hydrogen-bond acceptors (Lipinski definition) is 3. The summed E-state index contributed by atoms with van der Waals surface area (Å²) in [6.45, 7) is 1.05. The Bertz CT molecular complexity index is 794. The Labute approximate surface area is 120 Å². The van der Waals surface area contributed by atoms with Gasteiger partial charge in [-0.2, -0.15) is 0 Å². The molecule has 0 unspecified atom stereocenters. The minimum Gasteiger partial charge on any atom is -0.385 e. The van der Waals surface area contributed by atoms with Crippen LogP contribution < -0.4 is 5.32 Å². The van der Waals surface area contributed by atoms with E-state index in [9.17, 15) is 4.39 Å². The first-order valence-corrected chi connectivity index (χ1v) is 7.54.